The molecule has 0 spiro atoms. The molecule has 0 atom stereocenters. The van der Waals surface area contributed by atoms with Gasteiger partial charge in [-0.3, -0.25) is 13.9 Å². The summed E-state index contributed by atoms with van der Waals surface area (Å²) in [5, 5.41) is 0. The second-order valence-corrected chi connectivity index (χ2v) is 3.60. The average molecular weight is 208 g/mol. The number of rotatable bonds is 0. The van der Waals surface area contributed by atoms with Crippen LogP contribution in [0.25, 0.3) is 0 Å². The van der Waals surface area contributed by atoms with Crippen molar-refractivity contribution in [3.63, 3.8) is 0 Å². The number of aromatic nitrogens is 2. The molecule has 80 valence electrons. The lowest BCUT2D eigenvalue weighted by Crippen LogP contribution is -2.38. The van der Waals surface area contributed by atoms with E-state index in [1.807, 2.05) is 0 Å². The molecule has 0 N–H and O–H groups in total. The minimum atomic E-state index is -0.331. The summed E-state index contributed by atoms with van der Waals surface area (Å²) in [7, 11) is 6.59. The summed E-state index contributed by atoms with van der Waals surface area (Å²) in [5.74, 6) is 0.575. The Balaban J connectivity index is 2.93. The van der Waals surface area contributed by atoms with Crippen molar-refractivity contribution in [1.29, 1.82) is 0 Å². The SMILES string of the molecule is CN1[C]N(C)c2c1c(=O)n(C)c(=O)n2C. The van der Waals surface area contributed by atoms with Gasteiger partial charge in [0.2, 0.25) is 6.67 Å². The molecule has 1 aliphatic rings. The molecule has 6 heteroatoms. The second kappa shape index (κ2) is 2.88. The maximum absolute atomic E-state index is 11.8. The van der Waals surface area contributed by atoms with E-state index in [9.17, 15) is 9.59 Å². The number of anilines is 2. The zero-order chi connectivity index (χ0) is 11.3. The molecular weight excluding hydrogens is 196 g/mol. The minimum absolute atomic E-state index is 0.299. The summed E-state index contributed by atoms with van der Waals surface area (Å²) in [6, 6.07) is 0. The first kappa shape index (κ1) is 9.82. The Bertz CT molecular complexity index is 528. The van der Waals surface area contributed by atoms with Gasteiger partial charge in [0.25, 0.3) is 5.56 Å². The lowest BCUT2D eigenvalue weighted by atomic mass is 10.4. The van der Waals surface area contributed by atoms with Gasteiger partial charge in [-0.25, -0.2) is 4.79 Å². The van der Waals surface area contributed by atoms with Gasteiger partial charge >= 0.3 is 5.69 Å². The number of hydrogen-bond acceptors (Lipinski definition) is 4. The fourth-order valence-corrected chi connectivity index (χ4v) is 1.82. The Morgan fingerprint density at radius 3 is 2.13 bits per heavy atom. The molecule has 1 aromatic heterocycles. The third kappa shape index (κ3) is 1.10. The van der Waals surface area contributed by atoms with Crippen LogP contribution in [0.15, 0.2) is 9.59 Å². The molecule has 2 heterocycles. The van der Waals surface area contributed by atoms with Gasteiger partial charge in [-0.05, 0) is 0 Å². The van der Waals surface area contributed by atoms with E-state index in [-0.39, 0.29) is 11.2 Å². The van der Waals surface area contributed by atoms with Gasteiger partial charge in [-0.15, -0.1) is 0 Å². The smallest absolute Gasteiger partial charge is 0.332 e. The number of fused-ring (bicyclic) bond motifs is 1. The summed E-state index contributed by atoms with van der Waals surface area (Å²) in [4.78, 5) is 26.7. The molecule has 15 heavy (non-hydrogen) atoms. The van der Waals surface area contributed by atoms with Crippen molar-refractivity contribution in [3.8, 4) is 0 Å². The van der Waals surface area contributed by atoms with Gasteiger partial charge in [0.15, 0.2) is 0 Å². The van der Waals surface area contributed by atoms with Crippen molar-refractivity contribution in [2.45, 2.75) is 0 Å². The van der Waals surface area contributed by atoms with Crippen molar-refractivity contribution >= 4 is 11.5 Å². The highest BCUT2D eigenvalue weighted by Gasteiger charge is 2.29. The van der Waals surface area contributed by atoms with Gasteiger partial charge in [0.1, 0.15) is 11.5 Å². The van der Waals surface area contributed by atoms with Gasteiger partial charge < -0.3 is 9.80 Å². The first-order chi connectivity index (χ1) is 6.95. The second-order valence-electron chi connectivity index (χ2n) is 3.60. The van der Waals surface area contributed by atoms with Crippen molar-refractivity contribution in [1.82, 2.24) is 9.13 Å². The maximum Gasteiger partial charge on any atom is 0.332 e. The molecule has 0 saturated heterocycles. The third-order valence-electron chi connectivity index (χ3n) is 2.56. The average Bonchev–Trinajstić information content (AvgIpc) is 2.47. The van der Waals surface area contributed by atoms with Crippen molar-refractivity contribution < 1.29 is 0 Å². The molecule has 1 aromatic rings. The minimum Gasteiger partial charge on any atom is -0.337 e. The lowest BCUT2D eigenvalue weighted by molar-refractivity contribution is 0.690. The predicted molar refractivity (Wildman–Crippen MR) is 57.0 cm³/mol. The van der Waals surface area contributed by atoms with Crippen LogP contribution in [0.2, 0.25) is 0 Å². The maximum atomic E-state index is 11.8. The standard InChI is InChI=1S/C9H12N4O2/c1-10-5-11(2)7-6(10)8(14)13(4)9(15)12(7)3/h1-4H3. The van der Waals surface area contributed by atoms with Crippen LogP contribution >= 0.6 is 0 Å². The van der Waals surface area contributed by atoms with E-state index in [1.54, 1.807) is 30.9 Å². The summed E-state index contributed by atoms with van der Waals surface area (Å²) in [5.41, 5.74) is -0.155. The first-order valence-corrected chi connectivity index (χ1v) is 4.49. The van der Waals surface area contributed by atoms with Crippen LogP contribution in [0, 0.1) is 6.67 Å². The lowest BCUT2D eigenvalue weighted by Gasteiger charge is -2.13. The molecule has 2 rings (SSSR count). The van der Waals surface area contributed by atoms with E-state index >= 15 is 0 Å². The molecule has 2 radical (unpaired) electrons. The Morgan fingerprint density at radius 1 is 0.933 bits per heavy atom. The van der Waals surface area contributed by atoms with E-state index in [0.29, 0.717) is 11.5 Å². The molecule has 0 aromatic carbocycles. The van der Waals surface area contributed by atoms with Crippen LogP contribution in [0.4, 0.5) is 11.5 Å². The number of hydrogen-bond donors (Lipinski definition) is 0. The highest BCUT2D eigenvalue weighted by Crippen LogP contribution is 2.30. The van der Waals surface area contributed by atoms with Crippen molar-refractivity contribution in [2.75, 3.05) is 23.9 Å². The summed E-state index contributed by atoms with van der Waals surface area (Å²) >= 11 is 0. The van der Waals surface area contributed by atoms with Gasteiger partial charge in [0, 0.05) is 28.2 Å². The van der Waals surface area contributed by atoms with E-state index in [1.165, 1.54) is 11.6 Å². The van der Waals surface area contributed by atoms with Gasteiger partial charge in [0.05, 0.1) is 0 Å². The van der Waals surface area contributed by atoms with Crippen LogP contribution in [0.3, 0.4) is 0 Å². The molecule has 0 bridgehead atoms. The Morgan fingerprint density at radius 2 is 1.53 bits per heavy atom. The zero-order valence-electron chi connectivity index (χ0n) is 9.11. The first-order valence-electron chi connectivity index (χ1n) is 4.49. The molecule has 6 nitrogen and oxygen atoms in total. The Kier molecular flexibility index (Phi) is 1.89. The molecular formula is C9H12N4O2. The predicted octanol–water partition coefficient (Wildman–Crippen LogP) is -1.03. The highest BCUT2D eigenvalue weighted by atomic mass is 16.2. The monoisotopic (exact) mass is 208 g/mol. The van der Waals surface area contributed by atoms with Crippen molar-refractivity contribution in [2.24, 2.45) is 14.1 Å². The van der Waals surface area contributed by atoms with E-state index in [4.69, 9.17) is 0 Å². The van der Waals surface area contributed by atoms with Crippen LogP contribution in [0.5, 0.6) is 0 Å². The molecule has 0 amide bonds. The van der Waals surface area contributed by atoms with Crippen molar-refractivity contribution in [3.05, 3.63) is 27.5 Å². The van der Waals surface area contributed by atoms with E-state index in [2.05, 4.69) is 6.67 Å². The summed E-state index contributed by atoms with van der Waals surface area (Å²) in [6.45, 7) is 2.91. The highest BCUT2D eigenvalue weighted by molar-refractivity contribution is 5.73. The fraction of sp³-hybridized carbons (Fsp3) is 0.444. The normalized spacial score (nSPS) is 14.7. The van der Waals surface area contributed by atoms with Gasteiger partial charge in [-0.2, -0.15) is 0 Å². The third-order valence-corrected chi connectivity index (χ3v) is 2.56. The molecule has 0 aliphatic carbocycles. The fourth-order valence-electron chi connectivity index (χ4n) is 1.82. The number of nitrogens with zero attached hydrogens (tertiary/aromatic N) is 4. The largest absolute Gasteiger partial charge is 0.337 e. The van der Waals surface area contributed by atoms with Crippen LogP contribution in [0.1, 0.15) is 0 Å². The zero-order valence-corrected chi connectivity index (χ0v) is 9.11. The van der Waals surface area contributed by atoms with E-state index < -0.39 is 0 Å². The Labute approximate surface area is 87.0 Å². The molecule has 0 saturated carbocycles. The van der Waals surface area contributed by atoms with Crippen LogP contribution in [-0.4, -0.2) is 23.2 Å². The van der Waals surface area contributed by atoms with E-state index in [0.717, 1.165) is 4.57 Å². The summed E-state index contributed by atoms with van der Waals surface area (Å²) < 4.78 is 2.53. The molecule has 0 unspecified atom stereocenters. The van der Waals surface area contributed by atoms with Crippen LogP contribution < -0.4 is 21.0 Å². The summed E-state index contributed by atoms with van der Waals surface area (Å²) in [6.07, 6.45) is 0. The Hall–Kier alpha value is -1.72. The molecule has 1 aliphatic heterocycles. The van der Waals surface area contributed by atoms with Gasteiger partial charge in [-0.1, -0.05) is 0 Å². The van der Waals surface area contributed by atoms with Crippen LogP contribution in [-0.2, 0) is 14.1 Å². The quantitative estimate of drug-likeness (QED) is 0.547. The topological polar surface area (TPSA) is 50.5 Å². The molecule has 0 fully saturated rings.